The Morgan fingerprint density at radius 3 is 2.88 bits per heavy atom. The van der Waals surface area contributed by atoms with Crippen LogP contribution in [0.15, 0.2) is 6.33 Å². The standard InChI is InChI=1S/C10H16N4O3/c1-4-17-10(15)6(2)14-9-7(16-3)8(11)12-5-13-9/h5-6H,4H2,1-3H3,(H3,11,12,13,14). The van der Waals surface area contributed by atoms with Crippen molar-refractivity contribution < 1.29 is 14.3 Å². The molecule has 1 unspecified atom stereocenters. The Kier molecular flexibility index (Phi) is 4.50. The van der Waals surface area contributed by atoms with Crippen molar-refractivity contribution in [2.24, 2.45) is 0 Å². The lowest BCUT2D eigenvalue weighted by molar-refractivity contribution is -0.143. The van der Waals surface area contributed by atoms with E-state index in [1.54, 1.807) is 13.8 Å². The van der Waals surface area contributed by atoms with E-state index in [4.69, 9.17) is 15.2 Å². The number of anilines is 2. The number of hydrogen-bond acceptors (Lipinski definition) is 7. The normalized spacial score (nSPS) is 11.7. The van der Waals surface area contributed by atoms with Gasteiger partial charge in [-0.25, -0.2) is 14.8 Å². The van der Waals surface area contributed by atoms with Gasteiger partial charge in [-0.15, -0.1) is 0 Å². The molecule has 0 bridgehead atoms. The number of carbonyl (C=O) groups is 1. The summed E-state index contributed by atoms with van der Waals surface area (Å²) in [4.78, 5) is 19.2. The summed E-state index contributed by atoms with van der Waals surface area (Å²) in [6, 6.07) is -0.543. The maximum atomic E-state index is 11.4. The average molecular weight is 240 g/mol. The quantitative estimate of drug-likeness (QED) is 0.720. The monoisotopic (exact) mass is 240 g/mol. The fourth-order valence-corrected chi connectivity index (χ4v) is 1.22. The van der Waals surface area contributed by atoms with Crippen molar-refractivity contribution in [1.29, 1.82) is 0 Å². The first-order valence-corrected chi connectivity index (χ1v) is 5.17. The van der Waals surface area contributed by atoms with Gasteiger partial charge in [0.25, 0.3) is 0 Å². The van der Waals surface area contributed by atoms with Crippen LogP contribution < -0.4 is 15.8 Å². The molecule has 1 aromatic rings. The molecule has 0 amide bonds. The molecule has 1 rings (SSSR count). The van der Waals surface area contributed by atoms with Crippen LogP contribution in [0.5, 0.6) is 5.75 Å². The molecule has 0 spiro atoms. The number of nitrogens with one attached hydrogen (secondary N) is 1. The van der Waals surface area contributed by atoms with Crippen LogP contribution in [0.4, 0.5) is 11.6 Å². The second-order valence-electron chi connectivity index (χ2n) is 3.26. The van der Waals surface area contributed by atoms with Crippen LogP contribution in [0, 0.1) is 0 Å². The van der Waals surface area contributed by atoms with Gasteiger partial charge in [0.1, 0.15) is 12.4 Å². The predicted octanol–water partition coefficient (Wildman–Crippen LogP) is 0.431. The average Bonchev–Trinajstić information content (AvgIpc) is 2.29. The molecule has 1 aromatic heterocycles. The number of carbonyl (C=O) groups excluding carboxylic acids is 1. The number of methoxy groups -OCH3 is 1. The Morgan fingerprint density at radius 2 is 2.29 bits per heavy atom. The molecule has 17 heavy (non-hydrogen) atoms. The third-order valence-electron chi connectivity index (χ3n) is 2.03. The summed E-state index contributed by atoms with van der Waals surface area (Å²) >= 11 is 0. The molecule has 7 heteroatoms. The van der Waals surface area contributed by atoms with Crippen molar-refractivity contribution in [3.8, 4) is 5.75 Å². The molecule has 0 fully saturated rings. The molecule has 0 aliphatic carbocycles. The number of aromatic nitrogens is 2. The molecule has 0 aromatic carbocycles. The van der Waals surface area contributed by atoms with E-state index in [1.807, 2.05) is 0 Å². The highest BCUT2D eigenvalue weighted by molar-refractivity contribution is 5.79. The molecule has 1 heterocycles. The molecule has 0 saturated heterocycles. The van der Waals surface area contributed by atoms with Crippen molar-refractivity contribution in [2.75, 3.05) is 24.8 Å². The molecule has 0 aliphatic heterocycles. The van der Waals surface area contributed by atoms with E-state index in [1.165, 1.54) is 13.4 Å². The van der Waals surface area contributed by atoms with Crippen LogP contribution in [0.3, 0.4) is 0 Å². The van der Waals surface area contributed by atoms with E-state index in [9.17, 15) is 4.79 Å². The second kappa shape index (κ2) is 5.88. The number of hydrogen-bond donors (Lipinski definition) is 2. The zero-order valence-corrected chi connectivity index (χ0v) is 10.1. The van der Waals surface area contributed by atoms with Crippen molar-refractivity contribution in [3.63, 3.8) is 0 Å². The van der Waals surface area contributed by atoms with Gasteiger partial charge in [-0.1, -0.05) is 0 Å². The summed E-state index contributed by atoms with van der Waals surface area (Å²) < 4.78 is 9.91. The number of rotatable bonds is 5. The lowest BCUT2D eigenvalue weighted by atomic mass is 10.3. The minimum absolute atomic E-state index is 0.209. The Labute approximate surface area is 99.3 Å². The van der Waals surface area contributed by atoms with E-state index in [0.717, 1.165) is 0 Å². The number of nitrogens with two attached hydrogens (primary N) is 1. The van der Waals surface area contributed by atoms with Gasteiger partial charge < -0.3 is 20.5 Å². The highest BCUT2D eigenvalue weighted by atomic mass is 16.5. The molecule has 0 aliphatic rings. The summed E-state index contributed by atoms with van der Waals surface area (Å²) in [6.07, 6.45) is 1.29. The summed E-state index contributed by atoms with van der Waals surface area (Å²) in [7, 11) is 1.45. The fraction of sp³-hybridized carbons (Fsp3) is 0.500. The molecule has 7 nitrogen and oxygen atoms in total. The van der Waals surface area contributed by atoms with Crippen LogP contribution in [0.2, 0.25) is 0 Å². The van der Waals surface area contributed by atoms with Crippen molar-refractivity contribution >= 4 is 17.6 Å². The minimum Gasteiger partial charge on any atom is -0.490 e. The van der Waals surface area contributed by atoms with Gasteiger partial charge in [-0.2, -0.15) is 0 Å². The van der Waals surface area contributed by atoms with E-state index in [0.29, 0.717) is 18.2 Å². The summed E-state index contributed by atoms with van der Waals surface area (Å²) in [6.45, 7) is 3.73. The molecule has 0 saturated carbocycles. The highest BCUT2D eigenvalue weighted by Gasteiger charge is 2.17. The zero-order valence-electron chi connectivity index (χ0n) is 10.1. The number of esters is 1. The molecule has 0 radical (unpaired) electrons. The fourth-order valence-electron chi connectivity index (χ4n) is 1.22. The van der Waals surface area contributed by atoms with Gasteiger partial charge in [0.15, 0.2) is 11.6 Å². The van der Waals surface area contributed by atoms with Crippen molar-refractivity contribution in [1.82, 2.24) is 9.97 Å². The summed E-state index contributed by atoms with van der Waals surface area (Å²) in [5, 5.41) is 2.86. The Balaban J connectivity index is 2.81. The largest absolute Gasteiger partial charge is 0.490 e. The van der Waals surface area contributed by atoms with Crippen molar-refractivity contribution in [3.05, 3.63) is 6.33 Å². The van der Waals surface area contributed by atoms with Gasteiger partial charge in [0.2, 0.25) is 5.75 Å². The summed E-state index contributed by atoms with van der Waals surface area (Å²) in [5.74, 6) is 0.511. The van der Waals surface area contributed by atoms with Crippen LogP contribution >= 0.6 is 0 Å². The van der Waals surface area contributed by atoms with E-state index < -0.39 is 6.04 Å². The zero-order chi connectivity index (χ0) is 12.8. The molecule has 94 valence electrons. The van der Waals surface area contributed by atoms with E-state index >= 15 is 0 Å². The Hall–Kier alpha value is -2.05. The van der Waals surface area contributed by atoms with Gasteiger partial charge >= 0.3 is 5.97 Å². The van der Waals surface area contributed by atoms with E-state index in [-0.39, 0.29) is 11.8 Å². The van der Waals surface area contributed by atoms with Gasteiger partial charge in [-0.05, 0) is 13.8 Å². The number of ether oxygens (including phenoxy) is 2. The third-order valence-corrected chi connectivity index (χ3v) is 2.03. The second-order valence-corrected chi connectivity index (χ2v) is 3.26. The van der Waals surface area contributed by atoms with Crippen LogP contribution in [-0.2, 0) is 9.53 Å². The lowest BCUT2D eigenvalue weighted by Crippen LogP contribution is -2.28. The highest BCUT2D eigenvalue weighted by Crippen LogP contribution is 2.26. The molecular weight excluding hydrogens is 224 g/mol. The van der Waals surface area contributed by atoms with Crippen LogP contribution in [0.25, 0.3) is 0 Å². The van der Waals surface area contributed by atoms with Crippen LogP contribution in [0.1, 0.15) is 13.8 Å². The van der Waals surface area contributed by atoms with Gasteiger partial charge in [0, 0.05) is 0 Å². The maximum Gasteiger partial charge on any atom is 0.328 e. The Bertz CT molecular complexity index is 397. The molecule has 1 atom stereocenters. The Morgan fingerprint density at radius 1 is 1.59 bits per heavy atom. The van der Waals surface area contributed by atoms with Gasteiger partial charge in [-0.3, -0.25) is 0 Å². The number of nitrogens with zero attached hydrogens (tertiary/aromatic N) is 2. The lowest BCUT2D eigenvalue weighted by Gasteiger charge is -2.15. The summed E-state index contributed by atoms with van der Waals surface area (Å²) in [5.41, 5.74) is 5.61. The number of nitrogen functional groups attached to an aromatic ring is 1. The maximum absolute atomic E-state index is 11.4. The SMILES string of the molecule is CCOC(=O)C(C)Nc1ncnc(N)c1OC. The first-order valence-electron chi connectivity index (χ1n) is 5.17. The molecule has 3 N–H and O–H groups in total. The molecular formula is C10H16N4O3. The first kappa shape index (κ1) is 13.0. The third kappa shape index (κ3) is 3.20. The van der Waals surface area contributed by atoms with Crippen molar-refractivity contribution in [2.45, 2.75) is 19.9 Å². The van der Waals surface area contributed by atoms with Crippen LogP contribution in [-0.4, -0.2) is 35.7 Å². The predicted molar refractivity (Wildman–Crippen MR) is 62.7 cm³/mol. The minimum atomic E-state index is -0.543. The van der Waals surface area contributed by atoms with Gasteiger partial charge in [0.05, 0.1) is 13.7 Å². The first-order chi connectivity index (χ1) is 8.10. The topological polar surface area (TPSA) is 99.4 Å². The van der Waals surface area contributed by atoms with E-state index in [2.05, 4.69) is 15.3 Å². The smallest absolute Gasteiger partial charge is 0.328 e.